The third kappa shape index (κ3) is 3.83. The van der Waals surface area contributed by atoms with Gasteiger partial charge in [0, 0.05) is 28.7 Å². The van der Waals surface area contributed by atoms with E-state index >= 15 is 0 Å². The summed E-state index contributed by atoms with van der Waals surface area (Å²) < 4.78 is 28.2. The lowest BCUT2D eigenvalue weighted by Crippen LogP contribution is -2.46. The Morgan fingerprint density at radius 3 is 2.42 bits per heavy atom. The Labute approximate surface area is 161 Å². The number of hydrogen-bond donors (Lipinski definition) is 0. The molecule has 0 bridgehead atoms. The number of halogens is 3. The summed E-state index contributed by atoms with van der Waals surface area (Å²) in [7, 11) is 0. The van der Waals surface area contributed by atoms with E-state index in [0.29, 0.717) is 24.9 Å². The van der Waals surface area contributed by atoms with Gasteiger partial charge in [-0.3, -0.25) is 4.79 Å². The second-order valence-electron chi connectivity index (χ2n) is 7.28. The summed E-state index contributed by atoms with van der Waals surface area (Å²) in [6.45, 7) is 6.46. The fraction of sp³-hybridized carbons (Fsp3) is 0.381. The molecule has 0 aromatic heterocycles. The van der Waals surface area contributed by atoms with E-state index in [9.17, 15) is 13.6 Å². The van der Waals surface area contributed by atoms with Crippen molar-refractivity contribution in [3.8, 4) is 0 Å². The molecule has 1 fully saturated rings. The number of amides is 1. The van der Waals surface area contributed by atoms with Gasteiger partial charge in [0.25, 0.3) is 0 Å². The zero-order chi connectivity index (χ0) is 19.0. The van der Waals surface area contributed by atoms with Crippen molar-refractivity contribution in [1.82, 2.24) is 0 Å². The maximum absolute atomic E-state index is 14.0. The van der Waals surface area contributed by atoms with E-state index in [2.05, 4.69) is 15.9 Å². The first-order valence-electron chi connectivity index (χ1n) is 8.78. The van der Waals surface area contributed by atoms with Gasteiger partial charge in [-0.05, 0) is 67.5 Å². The summed E-state index contributed by atoms with van der Waals surface area (Å²) in [6, 6.07) is 7.73. The van der Waals surface area contributed by atoms with Crippen LogP contribution in [0.5, 0.6) is 0 Å². The maximum Gasteiger partial charge on any atom is 0.229 e. The molecule has 0 saturated carbocycles. The number of aryl methyl sites for hydroxylation is 2. The first-order chi connectivity index (χ1) is 12.3. The predicted octanol–water partition coefficient (Wildman–Crippen LogP) is 5.58. The molecule has 1 aliphatic rings. The molecule has 0 unspecified atom stereocenters. The third-order valence-corrected chi connectivity index (χ3v) is 5.52. The van der Waals surface area contributed by atoms with Crippen LogP contribution in [0, 0.1) is 37.3 Å². The minimum atomic E-state index is -0.568. The average molecular weight is 422 g/mol. The lowest BCUT2D eigenvalue weighted by Gasteiger charge is -2.38. The number of nitrogens with zero attached hydrogens (tertiary/aromatic N) is 1. The van der Waals surface area contributed by atoms with E-state index in [1.165, 1.54) is 12.1 Å². The van der Waals surface area contributed by atoms with Crippen LogP contribution in [0.4, 0.5) is 14.5 Å². The molecule has 2 nitrogen and oxygen atoms in total. The molecule has 2 aromatic carbocycles. The number of hydrogen-bond acceptors (Lipinski definition) is 1. The van der Waals surface area contributed by atoms with Gasteiger partial charge in [-0.15, -0.1) is 0 Å². The van der Waals surface area contributed by atoms with Crippen molar-refractivity contribution in [2.75, 3.05) is 11.4 Å². The summed E-state index contributed by atoms with van der Waals surface area (Å²) in [6.07, 6.45) is 1.20. The lowest BCUT2D eigenvalue weighted by atomic mass is 9.84. The molecule has 0 spiro atoms. The van der Waals surface area contributed by atoms with Crippen molar-refractivity contribution in [1.29, 1.82) is 0 Å². The van der Waals surface area contributed by atoms with Gasteiger partial charge in [0.1, 0.15) is 11.6 Å². The number of rotatable bonds is 3. The minimum Gasteiger partial charge on any atom is -0.311 e. The molecule has 0 radical (unpaired) electrons. The van der Waals surface area contributed by atoms with Crippen LogP contribution < -0.4 is 4.90 Å². The molecule has 1 aliphatic heterocycles. The van der Waals surface area contributed by atoms with Gasteiger partial charge in [-0.1, -0.05) is 28.9 Å². The highest BCUT2D eigenvalue weighted by atomic mass is 79.9. The Bertz CT molecular complexity index is 829. The maximum atomic E-state index is 14.0. The average Bonchev–Trinajstić information content (AvgIpc) is 2.53. The molecule has 1 saturated heterocycles. The van der Waals surface area contributed by atoms with Gasteiger partial charge in [-0.25, -0.2) is 8.78 Å². The van der Waals surface area contributed by atoms with Gasteiger partial charge >= 0.3 is 0 Å². The SMILES string of the molecule is Cc1cc(Br)cc(C)c1N1C[C@@H](Cc2ccc(F)cc2F)C[C@@H](C)C1=O. The number of anilines is 1. The fourth-order valence-electron chi connectivity index (χ4n) is 3.97. The van der Waals surface area contributed by atoms with E-state index in [-0.39, 0.29) is 17.7 Å². The van der Waals surface area contributed by atoms with Crippen LogP contribution in [-0.4, -0.2) is 12.5 Å². The van der Waals surface area contributed by atoms with Gasteiger partial charge in [0.2, 0.25) is 5.91 Å². The number of carbonyl (C=O) groups excluding carboxylic acids is 1. The lowest BCUT2D eigenvalue weighted by molar-refractivity contribution is -0.124. The third-order valence-electron chi connectivity index (χ3n) is 5.06. The van der Waals surface area contributed by atoms with Crippen LogP contribution in [0.25, 0.3) is 0 Å². The van der Waals surface area contributed by atoms with E-state index < -0.39 is 11.6 Å². The topological polar surface area (TPSA) is 20.3 Å². The number of carbonyl (C=O) groups is 1. The van der Waals surface area contributed by atoms with Crippen molar-refractivity contribution >= 4 is 27.5 Å². The molecule has 2 aromatic rings. The molecular weight excluding hydrogens is 400 g/mol. The van der Waals surface area contributed by atoms with Crippen molar-refractivity contribution in [3.05, 3.63) is 63.1 Å². The highest BCUT2D eigenvalue weighted by molar-refractivity contribution is 9.10. The Hall–Kier alpha value is -1.75. The Morgan fingerprint density at radius 1 is 1.15 bits per heavy atom. The molecule has 2 atom stereocenters. The molecule has 0 N–H and O–H groups in total. The summed E-state index contributed by atoms with van der Waals surface area (Å²) in [5, 5.41) is 0. The highest BCUT2D eigenvalue weighted by Crippen LogP contribution is 2.35. The molecular formula is C21H22BrF2NO. The largest absolute Gasteiger partial charge is 0.311 e. The molecule has 0 aliphatic carbocycles. The van der Waals surface area contributed by atoms with E-state index in [4.69, 9.17) is 0 Å². The molecule has 26 heavy (non-hydrogen) atoms. The van der Waals surface area contributed by atoms with Crippen molar-refractivity contribution < 1.29 is 13.6 Å². The van der Waals surface area contributed by atoms with Gasteiger partial charge in [0.15, 0.2) is 0 Å². The number of benzene rings is 2. The first-order valence-corrected chi connectivity index (χ1v) is 9.57. The first kappa shape index (κ1) is 19.0. The van der Waals surface area contributed by atoms with Gasteiger partial charge < -0.3 is 4.90 Å². The number of piperidine rings is 1. The zero-order valence-electron chi connectivity index (χ0n) is 15.2. The molecule has 5 heteroatoms. The molecule has 1 heterocycles. The molecule has 3 rings (SSSR count). The standard InChI is InChI=1S/C21H22BrF2NO/c1-12-7-17(22)8-13(2)20(12)25-11-15(6-14(3)21(25)26)9-16-4-5-18(23)10-19(16)24/h4-5,7-8,10,14-15H,6,9,11H2,1-3H3/t14-,15-/m1/s1. The second kappa shape index (κ2) is 7.47. The van der Waals surface area contributed by atoms with Crippen molar-refractivity contribution in [2.45, 2.75) is 33.6 Å². The van der Waals surface area contributed by atoms with E-state index in [0.717, 1.165) is 27.4 Å². The second-order valence-corrected chi connectivity index (χ2v) is 8.20. The summed E-state index contributed by atoms with van der Waals surface area (Å²) >= 11 is 3.49. The van der Waals surface area contributed by atoms with Crippen molar-refractivity contribution in [3.63, 3.8) is 0 Å². The monoisotopic (exact) mass is 421 g/mol. The van der Waals surface area contributed by atoms with Crippen LogP contribution in [0.2, 0.25) is 0 Å². The smallest absolute Gasteiger partial charge is 0.229 e. The molecule has 1 amide bonds. The predicted molar refractivity (Wildman–Crippen MR) is 103 cm³/mol. The highest BCUT2D eigenvalue weighted by Gasteiger charge is 2.34. The minimum absolute atomic E-state index is 0.106. The summed E-state index contributed by atoms with van der Waals surface area (Å²) in [5.74, 6) is -0.975. The normalized spacial score (nSPS) is 20.5. The van der Waals surface area contributed by atoms with Crippen LogP contribution >= 0.6 is 15.9 Å². The van der Waals surface area contributed by atoms with E-state index in [1.54, 1.807) is 0 Å². The zero-order valence-corrected chi connectivity index (χ0v) is 16.7. The quantitative estimate of drug-likeness (QED) is 0.633. The van der Waals surface area contributed by atoms with Crippen LogP contribution in [0.15, 0.2) is 34.8 Å². The van der Waals surface area contributed by atoms with Crippen LogP contribution in [-0.2, 0) is 11.2 Å². The van der Waals surface area contributed by atoms with Gasteiger partial charge in [-0.2, -0.15) is 0 Å². The van der Waals surface area contributed by atoms with Crippen LogP contribution in [0.1, 0.15) is 30.0 Å². The Kier molecular flexibility index (Phi) is 5.47. The fourth-order valence-corrected chi connectivity index (χ4v) is 4.65. The van der Waals surface area contributed by atoms with Crippen LogP contribution in [0.3, 0.4) is 0 Å². The summed E-state index contributed by atoms with van der Waals surface area (Å²) in [5.41, 5.74) is 3.51. The van der Waals surface area contributed by atoms with E-state index in [1.807, 2.05) is 37.8 Å². The summed E-state index contributed by atoms with van der Waals surface area (Å²) in [4.78, 5) is 14.7. The van der Waals surface area contributed by atoms with Gasteiger partial charge in [0.05, 0.1) is 0 Å². The molecule has 138 valence electrons. The Balaban J connectivity index is 1.89. The van der Waals surface area contributed by atoms with Crippen molar-refractivity contribution in [2.24, 2.45) is 11.8 Å². The Morgan fingerprint density at radius 2 is 1.81 bits per heavy atom.